The first kappa shape index (κ1) is 17.6. The molecule has 1 saturated heterocycles. The van der Waals surface area contributed by atoms with E-state index in [1.165, 1.54) is 6.42 Å². The van der Waals surface area contributed by atoms with Crippen LogP contribution in [0.3, 0.4) is 0 Å². The number of para-hydroxylation sites is 1. The summed E-state index contributed by atoms with van der Waals surface area (Å²) in [5.74, 6) is 2.56. The lowest BCUT2D eigenvalue weighted by atomic mass is 10.1. The number of rotatable bonds is 8. The van der Waals surface area contributed by atoms with Gasteiger partial charge in [0, 0.05) is 45.6 Å². The van der Waals surface area contributed by atoms with Crippen LogP contribution in [0.25, 0.3) is 0 Å². The number of hydrogen-bond acceptors (Lipinski definition) is 3. The summed E-state index contributed by atoms with van der Waals surface area (Å²) in [5, 5.41) is 3.39. The van der Waals surface area contributed by atoms with Gasteiger partial charge in [-0.05, 0) is 25.5 Å². The smallest absolute Gasteiger partial charge is 0.193 e. The van der Waals surface area contributed by atoms with Gasteiger partial charge < -0.3 is 19.7 Å². The maximum atomic E-state index is 5.70. The van der Waals surface area contributed by atoms with Gasteiger partial charge in [-0.15, -0.1) is 0 Å². The van der Waals surface area contributed by atoms with Crippen molar-refractivity contribution in [3.63, 3.8) is 0 Å². The molecule has 1 aromatic carbocycles. The normalized spacial score (nSPS) is 18.3. The van der Waals surface area contributed by atoms with Crippen molar-refractivity contribution in [1.82, 2.24) is 10.2 Å². The molecule has 0 aliphatic carbocycles. The van der Waals surface area contributed by atoms with Gasteiger partial charge in [0.1, 0.15) is 5.75 Å². The molecule has 128 valence electrons. The second-order valence-corrected chi connectivity index (χ2v) is 5.81. The van der Waals surface area contributed by atoms with Crippen LogP contribution in [0.15, 0.2) is 35.3 Å². The lowest BCUT2D eigenvalue weighted by Gasteiger charge is -2.21. The Bertz CT molecular complexity index is 465. The first-order valence-corrected chi connectivity index (χ1v) is 8.53. The van der Waals surface area contributed by atoms with E-state index in [-0.39, 0.29) is 0 Å². The third-order valence-electron chi connectivity index (χ3n) is 3.90. The molecule has 1 atom stereocenters. The van der Waals surface area contributed by atoms with Crippen molar-refractivity contribution in [3.05, 3.63) is 30.3 Å². The van der Waals surface area contributed by atoms with Crippen LogP contribution in [0.2, 0.25) is 0 Å². The number of methoxy groups -OCH3 is 1. The molecule has 1 aliphatic heterocycles. The zero-order valence-electron chi connectivity index (χ0n) is 14.3. The molecule has 0 spiro atoms. The minimum atomic E-state index is 0.616. The number of ether oxygens (including phenoxy) is 2. The van der Waals surface area contributed by atoms with Crippen LogP contribution in [0, 0.1) is 5.92 Å². The summed E-state index contributed by atoms with van der Waals surface area (Å²) in [7, 11) is 1.77. The molecule has 1 N–H and O–H groups in total. The van der Waals surface area contributed by atoms with Gasteiger partial charge in [0.05, 0.1) is 13.2 Å². The van der Waals surface area contributed by atoms with Crippen LogP contribution in [0.5, 0.6) is 5.75 Å². The van der Waals surface area contributed by atoms with Gasteiger partial charge >= 0.3 is 0 Å². The van der Waals surface area contributed by atoms with Crippen molar-refractivity contribution in [2.24, 2.45) is 10.9 Å². The second-order valence-electron chi connectivity index (χ2n) is 5.81. The van der Waals surface area contributed by atoms with E-state index >= 15 is 0 Å². The largest absolute Gasteiger partial charge is 0.494 e. The summed E-state index contributed by atoms with van der Waals surface area (Å²) in [5.41, 5.74) is 0. The van der Waals surface area contributed by atoms with Crippen LogP contribution in [-0.2, 0) is 4.74 Å². The number of benzene rings is 1. The standard InChI is InChI=1S/C18H29N3O2/c1-3-19-18(21-12-10-16(14-21)15-22-2)20-11-7-13-23-17-8-5-4-6-9-17/h4-6,8-9,16H,3,7,10-15H2,1-2H3,(H,19,20). The van der Waals surface area contributed by atoms with Crippen molar-refractivity contribution in [1.29, 1.82) is 0 Å². The number of aliphatic imine (C=N–C) groups is 1. The summed E-state index contributed by atoms with van der Waals surface area (Å²) in [4.78, 5) is 7.07. The number of nitrogens with one attached hydrogen (secondary N) is 1. The van der Waals surface area contributed by atoms with E-state index in [0.717, 1.165) is 50.9 Å². The maximum absolute atomic E-state index is 5.70. The van der Waals surface area contributed by atoms with Gasteiger partial charge in [0.15, 0.2) is 5.96 Å². The molecule has 2 rings (SSSR count). The monoisotopic (exact) mass is 319 g/mol. The van der Waals surface area contributed by atoms with Gasteiger partial charge in [-0.3, -0.25) is 4.99 Å². The van der Waals surface area contributed by atoms with E-state index < -0.39 is 0 Å². The summed E-state index contributed by atoms with van der Waals surface area (Å²) >= 11 is 0. The molecule has 0 bridgehead atoms. The van der Waals surface area contributed by atoms with Gasteiger partial charge in [-0.2, -0.15) is 0 Å². The van der Waals surface area contributed by atoms with Crippen molar-refractivity contribution in [3.8, 4) is 5.75 Å². The minimum Gasteiger partial charge on any atom is -0.494 e. The lowest BCUT2D eigenvalue weighted by molar-refractivity contribution is 0.157. The highest BCUT2D eigenvalue weighted by Gasteiger charge is 2.24. The average Bonchev–Trinajstić information content (AvgIpc) is 3.03. The first-order chi connectivity index (χ1) is 11.3. The Morgan fingerprint density at radius 2 is 2.17 bits per heavy atom. The molecule has 5 heteroatoms. The zero-order valence-corrected chi connectivity index (χ0v) is 14.3. The number of guanidine groups is 1. The second kappa shape index (κ2) is 10.1. The Balaban J connectivity index is 1.73. The van der Waals surface area contributed by atoms with Crippen LogP contribution >= 0.6 is 0 Å². The van der Waals surface area contributed by atoms with Crippen molar-refractivity contribution >= 4 is 5.96 Å². The van der Waals surface area contributed by atoms with E-state index in [0.29, 0.717) is 12.5 Å². The highest BCUT2D eigenvalue weighted by molar-refractivity contribution is 5.80. The third kappa shape index (κ3) is 6.10. The van der Waals surface area contributed by atoms with Crippen LogP contribution in [-0.4, -0.2) is 57.4 Å². The molecule has 5 nitrogen and oxygen atoms in total. The molecular formula is C18H29N3O2. The van der Waals surface area contributed by atoms with E-state index in [2.05, 4.69) is 17.1 Å². The highest BCUT2D eigenvalue weighted by atomic mass is 16.5. The molecule has 23 heavy (non-hydrogen) atoms. The fourth-order valence-corrected chi connectivity index (χ4v) is 2.78. The van der Waals surface area contributed by atoms with Gasteiger partial charge in [0.25, 0.3) is 0 Å². The maximum Gasteiger partial charge on any atom is 0.193 e. The molecule has 0 saturated carbocycles. The Kier molecular flexibility index (Phi) is 7.73. The SMILES string of the molecule is CCNC(=NCCCOc1ccccc1)N1CCC(COC)C1. The van der Waals surface area contributed by atoms with Gasteiger partial charge in [-0.1, -0.05) is 18.2 Å². The van der Waals surface area contributed by atoms with Gasteiger partial charge in [0.2, 0.25) is 0 Å². The van der Waals surface area contributed by atoms with Crippen molar-refractivity contribution < 1.29 is 9.47 Å². The van der Waals surface area contributed by atoms with E-state index in [9.17, 15) is 0 Å². The predicted octanol–water partition coefficient (Wildman–Crippen LogP) is 2.39. The van der Waals surface area contributed by atoms with E-state index in [1.54, 1.807) is 7.11 Å². The third-order valence-corrected chi connectivity index (χ3v) is 3.90. The number of likely N-dealkylation sites (tertiary alicyclic amines) is 1. The van der Waals surface area contributed by atoms with Crippen molar-refractivity contribution in [2.45, 2.75) is 19.8 Å². The van der Waals surface area contributed by atoms with Crippen LogP contribution in [0.1, 0.15) is 19.8 Å². The number of nitrogens with zero attached hydrogens (tertiary/aromatic N) is 2. The molecule has 0 aromatic heterocycles. The Morgan fingerprint density at radius 3 is 2.91 bits per heavy atom. The summed E-state index contributed by atoms with van der Waals surface area (Å²) in [6.07, 6.45) is 2.09. The molecule has 0 radical (unpaired) electrons. The highest BCUT2D eigenvalue weighted by Crippen LogP contribution is 2.16. The Hall–Kier alpha value is -1.75. The molecule has 0 amide bonds. The quantitative estimate of drug-likeness (QED) is 0.454. The van der Waals surface area contributed by atoms with Crippen molar-refractivity contribution in [2.75, 3.05) is 46.5 Å². The fraction of sp³-hybridized carbons (Fsp3) is 0.611. The molecule has 1 unspecified atom stereocenters. The van der Waals surface area contributed by atoms with Crippen LogP contribution < -0.4 is 10.1 Å². The first-order valence-electron chi connectivity index (χ1n) is 8.53. The molecular weight excluding hydrogens is 290 g/mol. The van der Waals surface area contributed by atoms with Crippen LogP contribution in [0.4, 0.5) is 0 Å². The molecule has 1 heterocycles. The topological polar surface area (TPSA) is 46.1 Å². The summed E-state index contributed by atoms with van der Waals surface area (Å²) in [6, 6.07) is 9.93. The number of hydrogen-bond donors (Lipinski definition) is 1. The fourth-order valence-electron chi connectivity index (χ4n) is 2.78. The Morgan fingerprint density at radius 1 is 1.35 bits per heavy atom. The minimum absolute atomic E-state index is 0.616. The average molecular weight is 319 g/mol. The molecule has 1 aromatic rings. The van der Waals surface area contributed by atoms with Gasteiger partial charge in [-0.25, -0.2) is 0 Å². The zero-order chi connectivity index (χ0) is 16.3. The summed E-state index contributed by atoms with van der Waals surface area (Å²) < 4.78 is 11.0. The Labute approximate surface area is 139 Å². The van der Waals surface area contributed by atoms with E-state index in [4.69, 9.17) is 14.5 Å². The van der Waals surface area contributed by atoms with E-state index in [1.807, 2.05) is 30.3 Å². The summed E-state index contributed by atoms with van der Waals surface area (Å²) in [6.45, 7) is 7.39. The molecule has 1 fully saturated rings. The lowest BCUT2D eigenvalue weighted by Crippen LogP contribution is -2.40. The molecule has 1 aliphatic rings. The predicted molar refractivity (Wildman–Crippen MR) is 94.1 cm³/mol.